The first-order valence-electron chi connectivity index (χ1n) is 10.2. The Morgan fingerprint density at radius 2 is 1.60 bits per heavy atom. The molecule has 2 amide bonds. The van der Waals surface area contributed by atoms with Crippen molar-refractivity contribution in [2.75, 3.05) is 58.9 Å². The van der Waals surface area contributed by atoms with E-state index < -0.39 is 0 Å². The van der Waals surface area contributed by atoms with Gasteiger partial charge >= 0.3 is 0 Å². The zero-order valence-corrected chi connectivity index (χ0v) is 15.3. The van der Waals surface area contributed by atoms with E-state index in [4.69, 9.17) is 0 Å². The summed E-state index contributed by atoms with van der Waals surface area (Å²) < 4.78 is 0. The van der Waals surface area contributed by atoms with Crippen molar-refractivity contribution in [2.45, 2.75) is 38.5 Å². The van der Waals surface area contributed by atoms with E-state index in [1.54, 1.807) is 0 Å². The molecule has 3 aliphatic heterocycles. The molecule has 4 fully saturated rings. The second-order valence-electron chi connectivity index (χ2n) is 8.41. The lowest BCUT2D eigenvalue weighted by Gasteiger charge is -2.26. The zero-order valence-electron chi connectivity index (χ0n) is 15.3. The molecular formula is C19H32N4O2. The minimum atomic E-state index is 0.271. The molecule has 6 heteroatoms. The van der Waals surface area contributed by atoms with Gasteiger partial charge in [0.15, 0.2) is 0 Å². The summed E-state index contributed by atoms with van der Waals surface area (Å²) in [6.07, 6.45) is 6.70. The molecular weight excluding hydrogens is 316 g/mol. The second kappa shape index (κ2) is 7.23. The average Bonchev–Trinajstić information content (AvgIpc) is 3.11. The molecule has 1 saturated carbocycles. The van der Waals surface area contributed by atoms with Gasteiger partial charge in [0.25, 0.3) is 0 Å². The maximum Gasteiger partial charge on any atom is 0.236 e. The topological polar surface area (TPSA) is 55.9 Å². The molecule has 1 atom stereocenters. The molecule has 25 heavy (non-hydrogen) atoms. The van der Waals surface area contributed by atoms with E-state index in [2.05, 4.69) is 15.1 Å². The summed E-state index contributed by atoms with van der Waals surface area (Å²) >= 11 is 0. The molecule has 1 N–H and O–H groups in total. The van der Waals surface area contributed by atoms with Gasteiger partial charge in [0.05, 0.1) is 6.54 Å². The van der Waals surface area contributed by atoms with Gasteiger partial charge in [0.2, 0.25) is 11.8 Å². The maximum absolute atomic E-state index is 12.9. The SMILES string of the molecule is O=C(CN1CCCN(C(=O)C2CC23CCNCC3)CC1)N1CCCC1. The number of carbonyl (C=O) groups is 2. The summed E-state index contributed by atoms with van der Waals surface area (Å²) in [6, 6.07) is 0. The molecule has 140 valence electrons. The smallest absolute Gasteiger partial charge is 0.236 e. The van der Waals surface area contributed by atoms with Gasteiger partial charge in [0.1, 0.15) is 0 Å². The predicted molar refractivity (Wildman–Crippen MR) is 96.1 cm³/mol. The average molecular weight is 348 g/mol. The van der Waals surface area contributed by atoms with Crippen molar-refractivity contribution in [1.29, 1.82) is 0 Å². The highest BCUT2D eigenvalue weighted by atomic mass is 16.2. The Morgan fingerprint density at radius 1 is 0.880 bits per heavy atom. The molecule has 6 nitrogen and oxygen atoms in total. The predicted octanol–water partition coefficient (Wildman–Crippen LogP) is 0.533. The molecule has 4 rings (SSSR count). The number of rotatable bonds is 3. The third-order valence-electron chi connectivity index (χ3n) is 6.80. The lowest BCUT2D eigenvalue weighted by molar-refractivity contribution is -0.133. The van der Waals surface area contributed by atoms with Gasteiger partial charge in [-0.2, -0.15) is 0 Å². The summed E-state index contributed by atoms with van der Waals surface area (Å²) in [7, 11) is 0. The fourth-order valence-corrected chi connectivity index (χ4v) is 5.00. The van der Waals surface area contributed by atoms with Crippen molar-refractivity contribution in [2.24, 2.45) is 11.3 Å². The maximum atomic E-state index is 12.9. The first kappa shape index (κ1) is 17.3. The van der Waals surface area contributed by atoms with Crippen LogP contribution >= 0.6 is 0 Å². The Balaban J connectivity index is 1.26. The van der Waals surface area contributed by atoms with E-state index in [0.29, 0.717) is 17.9 Å². The largest absolute Gasteiger partial charge is 0.342 e. The van der Waals surface area contributed by atoms with E-state index in [9.17, 15) is 9.59 Å². The van der Waals surface area contributed by atoms with Crippen molar-refractivity contribution in [3.8, 4) is 0 Å². The van der Waals surface area contributed by atoms with Crippen molar-refractivity contribution in [3.63, 3.8) is 0 Å². The van der Waals surface area contributed by atoms with Crippen LogP contribution in [0, 0.1) is 11.3 Å². The zero-order chi connectivity index (χ0) is 17.3. The number of nitrogens with zero attached hydrogens (tertiary/aromatic N) is 3. The van der Waals surface area contributed by atoms with Gasteiger partial charge in [-0.05, 0) is 57.0 Å². The Kier molecular flexibility index (Phi) is 5.00. The van der Waals surface area contributed by atoms with Gasteiger partial charge < -0.3 is 15.1 Å². The lowest BCUT2D eigenvalue weighted by atomic mass is 9.91. The van der Waals surface area contributed by atoms with Crippen LogP contribution in [0.5, 0.6) is 0 Å². The number of piperidine rings is 1. The minimum Gasteiger partial charge on any atom is -0.342 e. The fraction of sp³-hybridized carbons (Fsp3) is 0.895. The number of amides is 2. The number of likely N-dealkylation sites (tertiary alicyclic amines) is 1. The van der Waals surface area contributed by atoms with Crippen LogP contribution in [0.15, 0.2) is 0 Å². The Labute approximate surface area is 150 Å². The first-order chi connectivity index (χ1) is 12.2. The summed E-state index contributed by atoms with van der Waals surface area (Å²) in [5.74, 6) is 0.926. The molecule has 4 aliphatic rings. The van der Waals surface area contributed by atoms with Gasteiger partial charge in [0, 0.05) is 45.2 Å². The summed E-state index contributed by atoms with van der Waals surface area (Å²) in [5.41, 5.74) is 0.319. The van der Waals surface area contributed by atoms with Crippen LogP contribution in [0.4, 0.5) is 0 Å². The van der Waals surface area contributed by atoms with Gasteiger partial charge in [-0.3, -0.25) is 14.5 Å². The Hall–Kier alpha value is -1.14. The van der Waals surface area contributed by atoms with Gasteiger partial charge in [-0.1, -0.05) is 0 Å². The van der Waals surface area contributed by atoms with Crippen LogP contribution in [0.1, 0.15) is 38.5 Å². The number of nitrogens with one attached hydrogen (secondary N) is 1. The number of hydrogen-bond acceptors (Lipinski definition) is 4. The monoisotopic (exact) mass is 348 g/mol. The Bertz CT molecular complexity index is 512. The van der Waals surface area contributed by atoms with E-state index in [1.807, 2.05) is 4.90 Å². The third-order valence-corrected chi connectivity index (χ3v) is 6.80. The van der Waals surface area contributed by atoms with Gasteiger partial charge in [-0.15, -0.1) is 0 Å². The molecule has 1 aliphatic carbocycles. The van der Waals surface area contributed by atoms with E-state index in [-0.39, 0.29) is 11.8 Å². The molecule has 1 unspecified atom stereocenters. The van der Waals surface area contributed by atoms with Gasteiger partial charge in [-0.25, -0.2) is 0 Å². The molecule has 0 aromatic carbocycles. The summed E-state index contributed by atoms with van der Waals surface area (Å²) in [6.45, 7) is 7.93. The molecule has 3 heterocycles. The molecule has 0 bridgehead atoms. The highest BCUT2D eigenvalue weighted by Crippen LogP contribution is 2.59. The highest BCUT2D eigenvalue weighted by Gasteiger charge is 2.58. The van der Waals surface area contributed by atoms with Crippen LogP contribution in [0.25, 0.3) is 0 Å². The van der Waals surface area contributed by atoms with Crippen LogP contribution < -0.4 is 5.32 Å². The molecule has 3 saturated heterocycles. The quantitative estimate of drug-likeness (QED) is 0.809. The second-order valence-corrected chi connectivity index (χ2v) is 8.41. The van der Waals surface area contributed by atoms with Crippen molar-refractivity contribution in [3.05, 3.63) is 0 Å². The Morgan fingerprint density at radius 3 is 2.36 bits per heavy atom. The molecule has 1 spiro atoms. The number of carbonyl (C=O) groups excluding carboxylic acids is 2. The first-order valence-corrected chi connectivity index (χ1v) is 10.2. The van der Waals surface area contributed by atoms with Crippen LogP contribution in [-0.4, -0.2) is 85.4 Å². The normalized spacial score (nSPS) is 29.7. The van der Waals surface area contributed by atoms with Crippen molar-refractivity contribution >= 4 is 11.8 Å². The lowest BCUT2D eigenvalue weighted by Crippen LogP contribution is -2.41. The third kappa shape index (κ3) is 3.70. The van der Waals surface area contributed by atoms with Crippen LogP contribution in [0.2, 0.25) is 0 Å². The summed E-state index contributed by atoms with van der Waals surface area (Å²) in [4.78, 5) is 31.6. The molecule has 0 radical (unpaired) electrons. The van der Waals surface area contributed by atoms with Crippen molar-refractivity contribution in [1.82, 2.24) is 20.0 Å². The van der Waals surface area contributed by atoms with E-state index in [0.717, 1.165) is 90.9 Å². The minimum absolute atomic E-state index is 0.271. The van der Waals surface area contributed by atoms with Crippen molar-refractivity contribution < 1.29 is 9.59 Å². The standard InChI is InChI=1S/C19H32N4O2/c24-17(22-9-1-2-10-22)15-21-8-3-11-23(13-12-21)18(25)16-14-19(16)4-6-20-7-5-19/h16,20H,1-15H2. The molecule has 0 aromatic heterocycles. The summed E-state index contributed by atoms with van der Waals surface area (Å²) in [5, 5.41) is 3.41. The van der Waals surface area contributed by atoms with E-state index >= 15 is 0 Å². The van der Waals surface area contributed by atoms with E-state index in [1.165, 1.54) is 0 Å². The fourth-order valence-electron chi connectivity index (χ4n) is 5.00. The number of hydrogen-bond donors (Lipinski definition) is 1. The molecule has 0 aromatic rings. The van der Waals surface area contributed by atoms with Crippen LogP contribution in [0.3, 0.4) is 0 Å². The highest BCUT2D eigenvalue weighted by molar-refractivity contribution is 5.83. The van der Waals surface area contributed by atoms with Crippen LogP contribution in [-0.2, 0) is 9.59 Å².